The molecule has 0 aliphatic carbocycles. The van der Waals surface area contributed by atoms with Crippen molar-refractivity contribution in [1.82, 2.24) is 4.98 Å². The van der Waals surface area contributed by atoms with Crippen LogP contribution in [0.3, 0.4) is 0 Å². The molecule has 0 spiro atoms. The van der Waals surface area contributed by atoms with Crippen molar-refractivity contribution in [2.45, 2.75) is 0 Å². The molecule has 0 bridgehead atoms. The van der Waals surface area contributed by atoms with E-state index in [1.807, 2.05) is 12.1 Å². The highest BCUT2D eigenvalue weighted by Gasteiger charge is 2.11. The number of nitro benzene ring substituents is 1. The molecule has 0 fully saturated rings. The summed E-state index contributed by atoms with van der Waals surface area (Å²) in [4.78, 5) is 26.8. The Morgan fingerprint density at radius 2 is 2.12 bits per heavy atom. The van der Waals surface area contributed by atoms with Gasteiger partial charge < -0.3 is 4.74 Å². The number of amides is 1. The first kappa shape index (κ1) is 16.6. The molecule has 25 heavy (non-hydrogen) atoms. The average Bonchev–Trinajstić information content (AvgIpc) is 3.01. The number of hydrogen-bond acceptors (Lipinski definition) is 6. The smallest absolute Gasteiger partial charge is 0.276 e. The summed E-state index contributed by atoms with van der Waals surface area (Å²) in [6, 6.07) is 11.7. The SMILES string of the molecule is COc1ccc2nc(NC(=O)C=Cc3ccccc3[N+](=O)[O-])sc2c1. The minimum absolute atomic E-state index is 0.0568. The van der Waals surface area contributed by atoms with Gasteiger partial charge >= 0.3 is 0 Å². The molecule has 0 unspecified atom stereocenters. The van der Waals surface area contributed by atoms with Crippen molar-refractivity contribution in [1.29, 1.82) is 0 Å². The van der Waals surface area contributed by atoms with Crippen molar-refractivity contribution in [3.05, 3.63) is 64.2 Å². The Bertz CT molecular complexity index is 981. The molecule has 1 N–H and O–H groups in total. The molecule has 0 saturated heterocycles. The maximum absolute atomic E-state index is 12.0. The predicted octanol–water partition coefficient (Wildman–Crippen LogP) is 3.87. The molecule has 1 amide bonds. The van der Waals surface area contributed by atoms with E-state index in [0.29, 0.717) is 16.4 Å². The lowest BCUT2D eigenvalue weighted by molar-refractivity contribution is -0.385. The molecule has 1 heterocycles. The number of aromatic nitrogens is 1. The lowest BCUT2D eigenvalue weighted by atomic mass is 10.1. The number of carbonyl (C=O) groups excluding carboxylic acids is 1. The van der Waals surface area contributed by atoms with E-state index in [0.717, 1.165) is 10.2 Å². The van der Waals surface area contributed by atoms with Gasteiger partial charge in [-0.25, -0.2) is 4.98 Å². The number of nitrogens with zero attached hydrogens (tertiary/aromatic N) is 2. The normalized spacial score (nSPS) is 10.9. The minimum Gasteiger partial charge on any atom is -0.497 e. The average molecular weight is 355 g/mol. The Hall–Kier alpha value is -3.26. The standard InChI is InChI=1S/C17H13N3O4S/c1-24-12-7-8-13-15(10-12)25-17(18-13)19-16(21)9-6-11-4-2-3-5-14(11)20(22)23/h2-10H,1H3,(H,18,19,21). The molecule has 3 rings (SSSR count). The molecule has 1 aromatic heterocycles. The summed E-state index contributed by atoms with van der Waals surface area (Å²) in [5.74, 6) is 0.300. The van der Waals surface area contributed by atoms with Gasteiger partial charge in [0.05, 0.1) is 27.8 Å². The van der Waals surface area contributed by atoms with E-state index in [2.05, 4.69) is 10.3 Å². The fourth-order valence-corrected chi connectivity index (χ4v) is 3.09. The molecule has 0 radical (unpaired) electrons. The number of nitro groups is 1. The van der Waals surface area contributed by atoms with Crippen molar-refractivity contribution < 1.29 is 14.5 Å². The minimum atomic E-state index is -0.488. The van der Waals surface area contributed by atoms with Gasteiger partial charge in [-0.3, -0.25) is 20.2 Å². The summed E-state index contributed by atoms with van der Waals surface area (Å²) >= 11 is 1.32. The number of carbonyl (C=O) groups is 1. The topological polar surface area (TPSA) is 94.4 Å². The number of hydrogen-bond donors (Lipinski definition) is 1. The Morgan fingerprint density at radius 3 is 2.88 bits per heavy atom. The van der Waals surface area contributed by atoms with Crippen molar-refractivity contribution in [3.63, 3.8) is 0 Å². The van der Waals surface area contributed by atoms with E-state index in [9.17, 15) is 14.9 Å². The van der Waals surface area contributed by atoms with E-state index < -0.39 is 10.8 Å². The number of anilines is 1. The monoisotopic (exact) mass is 355 g/mol. The van der Waals surface area contributed by atoms with Crippen LogP contribution >= 0.6 is 11.3 Å². The largest absolute Gasteiger partial charge is 0.497 e. The molecule has 7 nitrogen and oxygen atoms in total. The number of thiazole rings is 1. The number of rotatable bonds is 5. The molecule has 126 valence electrons. The lowest BCUT2D eigenvalue weighted by Gasteiger charge is -1.97. The third-order valence-electron chi connectivity index (χ3n) is 3.37. The van der Waals surface area contributed by atoms with Gasteiger partial charge in [-0.1, -0.05) is 23.5 Å². The Morgan fingerprint density at radius 1 is 1.32 bits per heavy atom. The van der Waals surface area contributed by atoms with Gasteiger partial charge in [0.1, 0.15) is 5.75 Å². The van der Waals surface area contributed by atoms with Gasteiger partial charge in [0.25, 0.3) is 5.69 Å². The van der Waals surface area contributed by atoms with Crippen LogP contribution in [-0.2, 0) is 4.79 Å². The van der Waals surface area contributed by atoms with Gasteiger partial charge in [0, 0.05) is 12.1 Å². The highest BCUT2D eigenvalue weighted by Crippen LogP contribution is 2.29. The van der Waals surface area contributed by atoms with E-state index >= 15 is 0 Å². The van der Waals surface area contributed by atoms with Crippen LogP contribution < -0.4 is 10.1 Å². The van der Waals surface area contributed by atoms with Gasteiger partial charge in [-0.2, -0.15) is 0 Å². The molecule has 0 atom stereocenters. The highest BCUT2D eigenvalue weighted by molar-refractivity contribution is 7.22. The molecule has 0 aliphatic heterocycles. The van der Waals surface area contributed by atoms with Crippen LogP contribution in [0, 0.1) is 10.1 Å². The maximum atomic E-state index is 12.0. The molecular weight excluding hydrogens is 342 g/mol. The number of nitrogens with one attached hydrogen (secondary N) is 1. The number of fused-ring (bicyclic) bond motifs is 1. The lowest BCUT2D eigenvalue weighted by Crippen LogP contribution is -2.07. The summed E-state index contributed by atoms with van der Waals surface area (Å²) in [6.45, 7) is 0. The summed E-state index contributed by atoms with van der Waals surface area (Å²) < 4.78 is 6.04. The van der Waals surface area contributed by atoms with E-state index in [1.165, 1.54) is 29.6 Å². The quantitative estimate of drug-likeness (QED) is 0.426. The van der Waals surface area contributed by atoms with Crippen molar-refractivity contribution in [2.24, 2.45) is 0 Å². The summed E-state index contributed by atoms with van der Waals surface area (Å²) in [7, 11) is 1.58. The molecule has 0 aliphatic rings. The molecular formula is C17H13N3O4S. The fourth-order valence-electron chi connectivity index (χ4n) is 2.19. The maximum Gasteiger partial charge on any atom is 0.276 e. The van der Waals surface area contributed by atoms with Gasteiger partial charge in [0.2, 0.25) is 5.91 Å². The van der Waals surface area contributed by atoms with E-state index in [1.54, 1.807) is 31.4 Å². The van der Waals surface area contributed by atoms with Gasteiger partial charge in [0.15, 0.2) is 5.13 Å². The van der Waals surface area contributed by atoms with E-state index in [-0.39, 0.29) is 5.69 Å². The van der Waals surface area contributed by atoms with Crippen molar-refractivity contribution >= 4 is 44.4 Å². The van der Waals surface area contributed by atoms with E-state index in [4.69, 9.17) is 4.74 Å². The number of para-hydroxylation sites is 1. The fraction of sp³-hybridized carbons (Fsp3) is 0.0588. The highest BCUT2D eigenvalue weighted by atomic mass is 32.1. The third-order valence-corrected chi connectivity index (χ3v) is 4.31. The Labute approximate surface area is 146 Å². The third kappa shape index (κ3) is 3.81. The molecule has 2 aromatic carbocycles. The van der Waals surface area contributed by atoms with Crippen molar-refractivity contribution in [2.75, 3.05) is 12.4 Å². The molecule has 0 saturated carbocycles. The van der Waals surface area contributed by atoms with Crippen LogP contribution in [0.1, 0.15) is 5.56 Å². The van der Waals surface area contributed by atoms with Gasteiger partial charge in [-0.15, -0.1) is 0 Å². The van der Waals surface area contributed by atoms with Gasteiger partial charge in [-0.05, 0) is 30.3 Å². The number of ether oxygens (including phenoxy) is 1. The van der Waals surface area contributed by atoms with Crippen LogP contribution in [0.2, 0.25) is 0 Å². The Kier molecular flexibility index (Phi) is 4.71. The van der Waals surface area contributed by atoms with Crippen LogP contribution in [0.5, 0.6) is 5.75 Å². The van der Waals surface area contributed by atoms with Crippen LogP contribution in [-0.4, -0.2) is 22.9 Å². The first-order valence-corrected chi connectivity index (χ1v) is 8.05. The van der Waals surface area contributed by atoms with Crippen LogP contribution in [0.15, 0.2) is 48.5 Å². The summed E-state index contributed by atoms with van der Waals surface area (Å²) in [6.07, 6.45) is 2.65. The summed E-state index contributed by atoms with van der Waals surface area (Å²) in [5, 5.41) is 14.1. The zero-order valence-corrected chi connectivity index (χ0v) is 13.9. The summed E-state index contributed by atoms with van der Waals surface area (Å²) in [5.41, 5.74) is 1.05. The zero-order valence-electron chi connectivity index (χ0n) is 13.1. The van der Waals surface area contributed by atoms with Crippen LogP contribution in [0.4, 0.5) is 10.8 Å². The second-order valence-corrected chi connectivity index (χ2v) is 6.02. The van der Waals surface area contributed by atoms with Crippen LogP contribution in [0.25, 0.3) is 16.3 Å². The number of benzene rings is 2. The first-order chi connectivity index (χ1) is 12.1. The number of methoxy groups -OCH3 is 1. The predicted molar refractivity (Wildman–Crippen MR) is 96.9 cm³/mol. The molecule has 8 heteroatoms. The van der Waals surface area contributed by atoms with Crippen molar-refractivity contribution in [3.8, 4) is 5.75 Å². The zero-order chi connectivity index (χ0) is 17.8. The first-order valence-electron chi connectivity index (χ1n) is 7.24. The Balaban J connectivity index is 1.75. The second kappa shape index (κ2) is 7.10. The molecule has 3 aromatic rings. The second-order valence-electron chi connectivity index (χ2n) is 4.99.